The Morgan fingerprint density at radius 2 is 2.16 bits per heavy atom. The van der Waals surface area contributed by atoms with Crippen molar-refractivity contribution in [2.24, 2.45) is 5.92 Å². The first-order chi connectivity index (χ1) is 9.29. The maximum Gasteiger partial charge on any atom is 0.186 e. The zero-order chi connectivity index (χ0) is 13.2. The van der Waals surface area contributed by atoms with E-state index in [0.29, 0.717) is 13.2 Å². The number of ether oxygens (including phenoxy) is 3. The molecule has 5 nitrogen and oxygen atoms in total. The fraction of sp³-hybridized carbons (Fsp3) is 0.500. The maximum absolute atomic E-state index is 10.2. The van der Waals surface area contributed by atoms with E-state index in [1.165, 1.54) is 0 Å². The SMILES string of the molecule is N#C[C@H]1[C@H](O)[C@@H](OCc2ccccc2)[C@@H]2OC[C@H]1O2. The number of nitrogens with zero attached hydrogens (tertiary/aromatic N) is 1. The van der Waals surface area contributed by atoms with Gasteiger partial charge in [-0.05, 0) is 5.56 Å². The third kappa shape index (κ3) is 2.36. The molecule has 0 unspecified atom stereocenters. The van der Waals surface area contributed by atoms with Crippen molar-refractivity contribution in [1.29, 1.82) is 5.26 Å². The number of fused-ring (bicyclic) bond motifs is 2. The van der Waals surface area contributed by atoms with E-state index in [9.17, 15) is 5.11 Å². The Kier molecular flexibility index (Phi) is 3.49. The third-order valence-corrected chi connectivity index (χ3v) is 3.54. The highest BCUT2D eigenvalue weighted by atomic mass is 16.7. The van der Waals surface area contributed by atoms with Crippen molar-refractivity contribution in [3.05, 3.63) is 35.9 Å². The van der Waals surface area contributed by atoms with Crippen LogP contribution in [0.5, 0.6) is 0 Å². The largest absolute Gasteiger partial charge is 0.389 e. The van der Waals surface area contributed by atoms with Gasteiger partial charge < -0.3 is 19.3 Å². The van der Waals surface area contributed by atoms with Crippen molar-refractivity contribution in [3.63, 3.8) is 0 Å². The van der Waals surface area contributed by atoms with Crippen LogP contribution in [-0.2, 0) is 20.8 Å². The molecule has 2 heterocycles. The Morgan fingerprint density at radius 1 is 1.37 bits per heavy atom. The summed E-state index contributed by atoms with van der Waals surface area (Å²) in [5.74, 6) is -0.598. The van der Waals surface area contributed by atoms with E-state index in [1.54, 1.807) is 0 Å². The highest BCUT2D eigenvalue weighted by Gasteiger charge is 2.51. The molecular weight excluding hydrogens is 246 g/mol. The van der Waals surface area contributed by atoms with E-state index >= 15 is 0 Å². The predicted octanol–water partition coefficient (Wildman–Crippen LogP) is 0.828. The number of aliphatic hydroxyl groups is 1. The molecule has 1 aromatic carbocycles. The Bertz CT molecular complexity index is 472. The number of benzene rings is 1. The van der Waals surface area contributed by atoms with Gasteiger partial charge in [0.2, 0.25) is 0 Å². The molecule has 19 heavy (non-hydrogen) atoms. The fourth-order valence-electron chi connectivity index (χ4n) is 2.49. The summed E-state index contributed by atoms with van der Waals surface area (Å²) in [6, 6.07) is 11.7. The molecule has 2 aliphatic heterocycles. The highest BCUT2D eigenvalue weighted by molar-refractivity contribution is 5.13. The molecule has 2 aliphatic rings. The monoisotopic (exact) mass is 261 g/mol. The Balaban J connectivity index is 1.68. The molecule has 3 rings (SSSR count). The summed E-state index contributed by atoms with van der Waals surface area (Å²) in [4.78, 5) is 0. The van der Waals surface area contributed by atoms with Crippen LogP contribution in [-0.4, -0.2) is 36.3 Å². The van der Waals surface area contributed by atoms with Crippen molar-refractivity contribution in [3.8, 4) is 6.07 Å². The molecule has 2 saturated heterocycles. The average molecular weight is 261 g/mol. The van der Waals surface area contributed by atoms with Gasteiger partial charge in [0.25, 0.3) is 0 Å². The lowest BCUT2D eigenvalue weighted by Gasteiger charge is -2.34. The van der Waals surface area contributed by atoms with Crippen LogP contribution in [0.3, 0.4) is 0 Å². The normalized spacial score (nSPS) is 36.9. The molecule has 0 amide bonds. The maximum atomic E-state index is 10.2. The molecule has 2 fully saturated rings. The third-order valence-electron chi connectivity index (χ3n) is 3.54. The van der Waals surface area contributed by atoms with E-state index in [2.05, 4.69) is 6.07 Å². The van der Waals surface area contributed by atoms with Crippen molar-refractivity contribution in [2.45, 2.75) is 31.2 Å². The quantitative estimate of drug-likeness (QED) is 0.872. The Morgan fingerprint density at radius 3 is 2.89 bits per heavy atom. The molecule has 0 aliphatic carbocycles. The second kappa shape index (κ2) is 5.27. The molecule has 5 atom stereocenters. The molecule has 1 N–H and O–H groups in total. The number of rotatable bonds is 3. The van der Waals surface area contributed by atoms with Crippen LogP contribution in [0.1, 0.15) is 5.56 Å². The van der Waals surface area contributed by atoms with Gasteiger partial charge in [-0.25, -0.2) is 0 Å². The number of hydrogen-bond acceptors (Lipinski definition) is 5. The lowest BCUT2D eigenvalue weighted by molar-refractivity contribution is -0.225. The summed E-state index contributed by atoms with van der Waals surface area (Å²) in [7, 11) is 0. The van der Waals surface area contributed by atoms with Gasteiger partial charge in [0, 0.05) is 0 Å². The minimum Gasteiger partial charge on any atom is -0.389 e. The average Bonchev–Trinajstić information content (AvgIpc) is 2.86. The molecule has 1 aromatic rings. The zero-order valence-electron chi connectivity index (χ0n) is 10.3. The first kappa shape index (κ1) is 12.6. The van der Waals surface area contributed by atoms with Crippen LogP contribution in [0.25, 0.3) is 0 Å². The Labute approximate surface area is 111 Å². The summed E-state index contributed by atoms with van der Waals surface area (Å²) in [6.07, 6.45) is -2.42. The molecule has 0 aromatic heterocycles. The highest BCUT2D eigenvalue weighted by Crippen LogP contribution is 2.34. The molecule has 0 radical (unpaired) electrons. The van der Waals surface area contributed by atoms with Crippen LogP contribution in [0.4, 0.5) is 0 Å². The second-order valence-electron chi connectivity index (χ2n) is 4.78. The predicted molar refractivity (Wildman–Crippen MR) is 64.7 cm³/mol. The summed E-state index contributed by atoms with van der Waals surface area (Å²) in [5, 5.41) is 19.3. The van der Waals surface area contributed by atoms with Crippen LogP contribution < -0.4 is 0 Å². The van der Waals surface area contributed by atoms with Gasteiger partial charge in [0.1, 0.15) is 24.2 Å². The van der Waals surface area contributed by atoms with E-state index in [0.717, 1.165) is 5.56 Å². The van der Waals surface area contributed by atoms with Gasteiger partial charge in [-0.15, -0.1) is 0 Å². The summed E-state index contributed by atoms with van der Waals surface area (Å²) < 4.78 is 16.7. The molecule has 100 valence electrons. The van der Waals surface area contributed by atoms with Gasteiger partial charge in [-0.2, -0.15) is 5.26 Å². The molecule has 0 spiro atoms. The minimum atomic E-state index is -0.875. The molecule has 5 heteroatoms. The van der Waals surface area contributed by atoms with E-state index < -0.39 is 24.4 Å². The van der Waals surface area contributed by atoms with Crippen molar-refractivity contribution in [1.82, 2.24) is 0 Å². The molecule has 2 bridgehead atoms. The van der Waals surface area contributed by atoms with Crippen molar-refractivity contribution < 1.29 is 19.3 Å². The van der Waals surface area contributed by atoms with Gasteiger partial charge in [-0.1, -0.05) is 30.3 Å². The fourth-order valence-corrected chi connectivity index (χ4v) is 2.49. The van der Waals surface area contributed by atoms with Gasteiger partial charge in [-0.3, -0.25) is 0 Å². The summed E-state index contributed by atoms with van der Waals surface area (Å²) in [5.41, 5.74) is 1.00. The first-order valence-electron chi connectivity index (χ1n) is 6.30. The van der Waals surface area contributed by atoms with E-state index in [1.807, 2.05) is 30.3 Å². The van der Waals surface area contributed by atoms with Crippen LogP contribution in [0, 0.1) is 17.2 Å². The minimum absolute atomic E-state index is 0.338. The van der Waals surface area contributed by atoms with E-state index in [-0.39, 0.29) is 6.10 Å². The zero-order valence-corrected chi connectivity index (χ0v) is 10.3. The second-order valence-corrected chi connectivity index (χ2v) is 4.78. The lowest BCUT2D eigenvalue weighted by Crippen LogP contribution is -2.51. The van der Waals surface area contributed by atoms with Gasteiger partial charge in [0.15, 0.2) is 6.29 Å². The summed E-state index contributed by atoms with van der Waals surface area (Å²) in [6.45, 7) is 0.694. The standard InChI is InChI=1S/C14H15NO4/c15-6-10-11-8-18-14(19-11)13(12(10)16)17-7-9-4-2-1-3-5-9/h1-5,10-14,16H,7-8H2/t10-,11-,12+,13-,14-/m1/s1. The molecule has 0 saturated carbocycles. The topological polar surface area (TPSA) is 71.7 Å². The van der Waals surface area contributed by atoms with Crippen molar-refractivity contribution >= 4 is 0 Å². The number of hydrogen-bond donors (Lipinski definition) is 1. The summed E-state index contributed by atoms with van der Waals surface area (Å²) >= 11 is 0. The van der Waals surface area contributed by atoms with E-state index in [4.69, 9.17) is 19.5 Å². The van der Waals surface area contributed by atoms with Crippen LogP contribution in [0.2, 0.25) is 0 Å². The lowest BCUT2D eigenvalue weighted by atomic mass is 9.92. The smallest absolute Gasteiger partial charge is 0.186 e. The van der Waals surface area contributed by atoms with Gasteiger partial charge >= 0.3 is 0 Å². The van der Waals surface area contributed by atoms with Crippen molar-refractivity contribution in [2.75, 3.05) is 6.61 Å². The number of aliphatic hydroxyl groups excluding tert-OH is 1. The van der Waals surface area contributed by atoms with Crippen LogP contribution in [0.15, 0.2) is 30.3 Å². The molecular formula is C14H15NO4. The number of nitriles is 1. The van der Waals surface area contributed by atoms with Gasteiger partial charge in [0.05, 0.1) is 19.3 Å². The Hall–Kier alpha value is -1.45. The first-order valence-corrected chi connectivity index (χ1v) is 6.30. The van der Waals surface area contributed by atoms with Crippen LogP contribution >= 0.6 is 0 Å².